The second-order valence-corrected chi connectivity index (χ2v) is 6.51. The predicted molar refractivity (Wildman–Crippen MR) is 105 cm³/mol. The molecule has 168 valence electrons. The van der Waals surface area contributed by atoms with Crippen LogP contribution in [0.5, 0.6) is 5.75 Å². The monoisotopic (exact) mass is 451 g/mol. The number of carbonyl (C=O) groups is 2. The fourth-order valence-corrected chi connectivity index (χ4v) is 2.98. The van der Waals surface area contributed by atoms with Gasteiger partial charge >= 0.3 is 6.36 Å². The van der Waals surface area contributed by atoms with Gasteiger partial charge in [0.15, 0.2) is 0 Å². The molecule has 0 aromatic heterocycles. The minimum atomic E-state index is -4.85. The Kier molecular flexibility index (Phi) is 6.44. The van der Waals surface area contributed by atoms with Crippen molar-refractivity contribution in [2.75, 3.05) is 25.6 Å². The first kappa shape index (κ1) is 22.7. The topological polar surface area (TPSA) is 111 Å². The highest BCUT2D eigenvalue weighted by atomic mass is 19.4. The van der Waals surface area contributed by atoms with Gasteiger partial charge in [-0.25, -0.2) is 0 Å². The van der Waals surface area contributed by atoms with E-state index in [1.54, 1.807) is 0 Å². The molecule has 0 atom stereocenters. The van der Waals surface area contributed by atoms with Gasteiger partial charge in [-0.2, -0.15) is 0 Å². The van der Waals surface area contributed by atoms with Gasteiger partial charge in [0.1, 0.15) is 11.4 Å². The van der Waals surface area contributed by atoms with Gasteiger partial charge in [-0.3, -0.25) is 24.6 Å². The molecule has 0 saturated heterocycles. The molecule has 0 unspecified atom stereocenters. The minimum absolute atomic E-state index is 0.0309. The van der Waals surface area contributed by atoms with E-state index in [2.05, 4.69) is 10.1 Å². The fraction of sp³-hybridized carbons (Fsp3) is 0.200. The Morgan fingerprint density at radius 1 is 1.03 bits per heavy atom. The maximum atomic E-state index is 12.9. The number of hydrogen-bond acceptors (Lipinski definition) is 7. The SMILES string of the molecule is COCCN1C(=O)C(Nc2ccc(OC(F)(F)F)cc2)=C(c2ccc([N+](=O)[O-])cc2)C1=O. The molecule has 1 N–H and O–H groups in total. The number of amides is 2. The van der Waals surface area contributed by atoms with Gasteiger partial charge in [-0.1, -0.05) is 0 Å². The molecule has 2 aromatic carbocycles. The van der Waals surface area contributed by atoms with Crippen molar-refractivity contribution in [3.8, 4) is 5.75 Å². The largest absolute Gasteiger partial charge is 0.573 e. The van der Waals surface area contributed by atoms with Crippen LogP contribution in [0, 0.1) is 10.1 Å². The van der Waals surface area contributed by atoms with Crippen LogP contribution in [0.2, 0.25) is 0 Å². The second kappa shape index (κ2) is 9.06. The Balaban J connectivity index is 1.95. The Morgan fingerprint density at radius 2 is 1.66 bits per heavy atom. The van der Waals surface area contributed by atoms with Crippen molar-refractivity contribution in [3.05, 3.63) is 69.9 Å². The van der Waals surface area contributed by atoms with E-state index in [-0.39, 0.29) is 41.4 Å². The Hall–Kier alpha value is -3.93. The van der Waals surface area contributed by atoms with Gasteiger partial charge < -0.3 is 14.8 Å². The van der Waals surface area contributed by atoms with E-state index in [0.717, 1.165) is 17.0 Å². The van der Waals surface area contributed by atoms with Gasteiger partial charge in [0.25, 0.3) is 17.5 Å². The highest BCUT2D eigenvalue weighted by Crippen LogP contribution is 2.32. The van der Waals surface area contributed by atoms with Crippen LogP contribution in [-0.4, -0.2) is 48.3 Å². The summed E-state index contributed by atoms with van der Waals surface area (Å²) >= 11 is 0. The zero-order chi connectivity index (χ0) is 23.5. The zero-order valence-electron chi connectivity index (χ0n) is 16.5. The summed E-state index contributed by atoms with van der Waals surface area (Å²) in [7, 11) is 1.40. The molecule has 2 amide bonds. The summed E-state index contributed by atoms with van der Waals surface area (Å²) in [4.78, 5) is 37.1. The number of non-ortho nitro benzene ring substituents is 1. The third kappa shape index (κ3) is 5.03. The number of halogens is 3. The van der Waals surface area contributed by atoms with Crippen molar-refractivity contribution in [1.82, 2.24) is 4.90 Å². The Labute approximate surface area is 179 Å². The molecule has 2 aromatic rings. The second-order valence-electron chi connectivity index (χ2n) is 6.51. The molecule has 0 fully saturated rings. The van der Waals surface area contributed by atoms with Gasteiger partial charge in [-0.15, -0.1) is 13.2 Å². The molecule has 12 heteroatoms. The van der Waals surface area contributed by atoms with Crippen LogP contribution < -0.4 is 10.1 Å². The molecular weight excluding hydrogens is 435 g/mol. The van der Waals surface area contributed by atoms with Gasteiger partial charge in [0, 0.05) is 24.9 Å². The molecule has 1 aliphatic rings. The number of nitro groups is 1. The maximum Gasteiger partial charge on any atom is 0.573 e. The lowest BCUT2D eigenvalue weighted by Crippen LogP contribution is -2.35. The molecule has 3 rings (SSSR count). The summed E-state index contributed by atoms with van der Waals surface area (Å²) in [6.45, 7) is 0.0516. The van der Waals surface area contributed by atoms with Crippen LogP contribution in [-0.2, 0) is 14.3 Å². The van der Waals surface area contributed by atoms with Gasteiger partial charge in [0.05, 0.1) is 23.6 Å². The summed E-state index contributed by atoms with van der Waals surface area (Å²) in [6.07, 6.45) is -4.85. The summed E-state index contributed by atoms with van der Waals surface area (Å²) in [6, 6.07) is 9.64. The average Bonchev–Trinajstić information content (AvgIpc) is 2.96. The molecule has 0 saturated carbocycles. The van der Waals surface area contributed by atoms with Crippen molar-refractivity contribution in [1.29, 1.82) is 0 Å². The van der Waals surface area contributed by atoms with E-state index in [0.29, 0.717) is 0 Å². The van der Waals surface area contributed by atoms with Crippen LogP contribution in [0.15, 0.2) is 54.2 Å². The van der Waals surface area contributed by atoms with E-state index in [9.17, 15) is 32.9 Å². The highest BCUT2D eigenvalue weighted by Gasteiger charge is 2.39. The van der Waals surface area contributed by atoms with E-state index in [1.165, 1.54) is 43.5 Å². The molecule has 32 heavy (non-hydrogen) atoms. The number of nitro benzene ring substituents is 1. The van der Waals surface area contributed by atoms with Crippen LogP contribution in [0.25, 0.3) is 5.57 Å². The molecule has 0 bridgehead atoms. The summed E-state index contributed by atoms with van der Waals surface area (Å²) < 4.78 is 45.8. The van der Waals surface area contributed by atoms with E-state index < -0.39 is 28.8 Å². The number of alkyl halides is 3. The zero-order valence-corrected chi connectivity index (χ0v) is 16.5. The maximum absolute atomic E-state index is 12.9. The lowest BCUT2D eigenvalue weighted by Gasteiger charge is -2.14. The number of nitrogens with zero attached hydrogens (tertiary/aromatic N) is 2. The van der Waals surface area contributed by atoms with E-state index in [1.807, 2.05) is 0 Å². The van der Waals surface area contributed by atoms with Crippen molar-refractivity contribution in [2.24, 2.45) is 0 Å². The van der Waals surface area contributed by atoms with Crippen molar-refractivity contribution in [2.45, 2.75) is 6.36 Å². The first-order valence-electron chi connectivity index (χ1n) is 9.08. The number of imide groups is 1. The predicted octanol–water partition coefficient (Wildman–Crippen LogP) is 3.33. The molecule has 0 radical (unpaired) electrons. The quantitative estimate of drug-likeness (QED) is 0.372. The number of benzene rings is 2. The third-order valence-corrected chi connectivity index (χ3v) is 4.41. The molecular formula is C20H16F3N3O6. The average molecular weight is 451 g/mol. The number of rotatable bonds is 8. The molecule has 1 heterocycles. The summed E-state index contributed by atoms with van der Waals surface area (Å²) in [5.74, 6) is -1.76. The normalized spacial score (nSPS) is 14.2. The number of ether oxygens (including phenoxy) is 2. The third-order valence-electron chi connectivity index (χ3n) is 4.41. The molecule has 0 aliphatic carbocycles. The highest BCUT2D eigenvalue weighted by molar-refractivity contribution is 6.36. The first-order chi connectivity index (χ1) is 15.1. The van der Waals surface area contributed by atoms with Gasteiger partial charge in [0.2, 0.25) is 0 Å². The van der Waals surface area contributed by atoms with Gasteiger partial charge in [-0.05, 0) is 42.0 Å². The lowest BCUT2D eigenvalue weighted by molar-refractivity contribution is -0.384. The van der Waals surface area contributed by atoms with Crippen LogP contribution in [0.3, 0.4) is 0 Å². The number of hydrogen-bond donors (Lipinski definition) is 1. The Bertz CT molecular complexity index is 1070. The standard InChI is InChI=1S/C20H16F3N3O6/c1-31-11-10-25-18(27)16(12-2-6-14(7-3-12)26(29)30)17(19(25)28)24-13-4-8-15(9-5-13)32-20(21,22)23/h2-9,24H,10-11H2,1H3. The molecule has 1 aliphatic heterocycles. The first-order valence-corrected chi connectivity index (χ1v) is 9.08. The summed E-state index contributed by atoms with van der Waals surface area (Å²) in [5, 5.41) is 13.7. The smallest absolute Gasteiger partial charge is 0.406 e. The fourth-order valence-electron chi connectivity index (χ4n) is 2.98. The van der Waals surface area contributed by atoms with E-state index >= 15 is 0 Å². The van der Waals surface area contributed by atoms with Crippen LogP contribution in [0.4, 0.5) is 24.5 Å². The van der Waals surface area contributed by atoms with Crippen LogP contribution in [0.1, 0.15) is 5.56 Å². The minimum Gasteiger partial charge on any atom is -0.406 e. The van der Waals surface area contributed by atoms with E-state index in [4.69, 9.17) is 4.74 Å². The number of nitrogens with one attached hydrogen (secondary N) is 1. The van der Waals surface area contributed by atoms with Crippen molar-refractivity contribution < 1.29 is 37.2 Å². The lowest BCUT2D eigenvalue weighted by atomic mass is 10.0. The number of methoxy groups -OCH3 is 1. The number of anilines is 1. The molecule has 0 spiro atoms. The van der Waals surface area contributed by atoms with Crippen molar-refractivity contribution >= 4 is 28.8 Å². The Morgan fingerprint density at radius 3 is 2.19 bits per heavy atom. The van der Waals surface area contributed by atoms with Crippen LogP contribution >= 0.6 is 0 Å². The molecule has 9 nitrogen and oxygen atoms in total. The summed E-state index contributed by atoms with van der Waals surface area (Å²) in [5.41, 5.74) is 0.134. The van der Waals surface area contributed by atoms with Crippen molar-refractivity contribution in [3.63, 3.8) is 0 Å². The number of carbonyl (C=O) groups excluding carboxylic acids is 2.